The predicted molar refractivity (Wildman–Crippen MR) is 210 cm³/mol. The first-order valence-corrected chi connectivity index (χ1v) is 22.1. The number of hydrogen-bond acceptors (Lipinski definition) is 9. The summed E-state index contributed by atoms with van der Waals surface area (Å²) in [6.07, 6.45) is 37.7. The molecule has 1 rings (SSSR count). The van der Waals surface area contributed by atoms with Gasteiger partial charge in [0.15, 0.2) is 6.10 Å². The Morgan fingerprint density at radius 3 is 1.88 bits per heavy atom. The van der Waals surface area contributed by atoms with Gasteiger partial charge in [0.2, 0.25) is 0 Å². The lowest BCUT2D eigenvalue weighted by atomic mass is 10.1. The van der Waals surface area contributed by atoms with E-state index in [-0.39, 0.29) is 32.6 Å². The van der Waals surface area contributed by atoms with Crippen molar-refractivity contribution in [1.29, 1.82) is 0 Å². The van der Waals surface area contributed by atoms with Gasteiger partial charge in [-0.05, 0) is 70.6 Å². The first kappa shape index (κ1) is 48.2. The van der Waals surface area contributed by atoms with E-state index >= 15 is 0 Å². The Kier molecular flexibility index (Phi) is 31.3. The summed E-state index contributed by atoms with van der Waals surface area (Å²) in [4.78, 5) is 34.8. The fourth-order valence-corrected chi connectivity index (χ4v) is 6.49. The topological polar surface area (TPSA) is 147 Å². The lowest BCUT2D eigenvalue weighted by Gasteiger charge is -2.19. The van der Waals surface area contributed by atoms with Gasteiger partial charge in [0.1, 0.15) is 6.61 Å². The molecule has 0 aromatic rings. The summed E-state index contributed by atoms with van der Waals surface area (Å²) in [5, 5.41) is 0. The van der Waals surface area contributed by atoms with Crippen LogP contribution in [0.25, 0.3) is 0 Å². The molecule has 1 aliphatic heterocycles. The van der Waals surface area contributed by atoms with Gasteiger partial charge in [-0.25, -0.2) is 4.57 Å². The molecule has 1 saturated heterocycles. The molecule has 0 amide bonds. The molecule has 52 heavy (non-hydrogen) atoms. The largest absolute Gasteiger partial charge is 0.472 e. The number of rotatable bonds is 37. The van der Waals surface area contributed by atoms with Crippen molar-refractivity contribution in [3.63, 3.8) is 0 Å². The molecule has 1 fully saturated rings. The molecule has 0 saturated carbocycles. The van der Waals surface area contributed by atoms with Crippen molar-refractivity contribution >= 4 is 19.8 Å². The molecule has 0 spiro atoms. The maximum absolute atomic E-state index is 12.6. The molecule has 0 bridgehead atoms. The second kappa shape index (κ2) is 33.7. The molecule has 3 unspecified atom stereocenters. The van der Waals surface area contributed by atoms with E-state index in [0.29, 0.717) is 25.0 Å². The lowest BCUT2D eigenvalue weighted by Crippen LogP contribution is -2.29. The third-order valence-corrected chi connectivity index (χ3v) is 9.91. The number of unbranched alkanes of at least 4 members (excludes halogenated alkanes) is 15. The monoisotopic (exact) mass is 756 g/mol. The number of phosphoric ester groups is 1. The number of carbonyl (C=O) groups is 2. The summed E-state index contributed by atoms with van der Waals surface area (Å²) in [6.45, 7) is 3.62. The Labute approximate surface area is 316 Å². The van der Waals surface area contributed by atoms with Crippen LogP contribution in [0.3, 0.4) is 0 Å². The zero-order valence-corrected chi connectivity index (χ0v) is 33.6. The van der Waals surface area contributed by atoms with Gasteiger partial charge >= 0.3 is 19.8 Å². The molecule has 0 radical (unpaired) electrons. The molecule has 0 aromatic carbocycles. The van der Waals surface area contributed by atoms with E-state index in [4.69, 9.17) is 29.0 Å². The molecule has 11 heteroatoms. The van der Waals surface area contributed by atoms with Gasteiger partial charge in [-0.1, -0.05) is 121 Å². The number of allylic oxidation sites excluding steroid dienone is 5. The Morgan fingerprint density at radius 2 is 1.25 bits per heavy atom. The van der Waals surface area contributed by atoms with Gasteiger partial charge in [0.05, 0.1) is 25.4 Å². The zero-order valence-electron chi connectivity index (χ0n) is 32.7. The maximum Gasteiger partial charge on any atom is 0.472 e. The molecular weight excluding hydrogens is 681 g/mol. The third-order valence-electron chi connectivity index (χ3n) is 8.92. The van der Waals surface area contributed by atoms with Gasteiger partial charge in [-0.3, -0.25) is 18.6 Å². The molecular formula is C41H74NO9P. The maximum atomic E-state index is 12.6. The van der Waals surface area contributed by atoms with Crippen molar-refractivity contribution < 1.29 is 42.3 Å². The third kappa shape index (κ3) is 30.6. The lowest BCUT2D eigenvalue weighted by molar-refractivity contribution is -0.161. The highest BCUT2D eigenvalue weighted by Gasteiger charge is 2.36. The smallest absolute Gasteiger partial charge is 0.462 e. The predicted octanol–water partition coefficient (Wildman–Crippen LogP) is 10.4. The number of carbonyl (C=O) groups excluding carboxylic acids is 2. The molecule has 10 nitrogen and oxygen atoms in total. The SMILES string of the molecule is CCCCC/C=C\C/C=C\CCCCCCCC(=O)OC[C@H](COP(=O)(O)OCCN)OC(=O)CCCCCCC/C=C\CC1OC1CCCCC. The van der Waals surface area contributed by atoms with Crippen LogP contribution >= 0.6 is 7.82 Å². The van der Waals surface area contributed by atoms with Gasteiger partial charge in [0, 0.05) is 19.4 Å². The number of esters is 2. The van der Waals surface area contributed by atoms with Crippen LogP contribution in [0.2, 0.25) is 0 Å². The second-order valence-electron chi connectivity index (χ2n) is 13.9. The van der Waals surface area contributed by atoms with Crippen LogP contribution in [0.1, 0.15) is 168 Å². The molecule has 4 atom stereocenters. The van der Waals surface area contributed by atoms with Gasteiger partial charge in [-0.2, -0.15) is 0 Å². The van der Waals surface area contributed by atoms with E-state index in [0.717, 1.165) is 77.0 Å². The van der Waals surface area contributed by atoms with Gasteiger partial charge in [0.25, 0.3) is 0 Å². The summed E-state index contributed by atoms with van der Waals surface area (Å²) in [5.74, 6) is -0.868. The average Bonchev–Trinajstić information content (AvgIpc) is 3.88. The molecule has 1 aliphatic rings. The highest BCUT2D eigenvalue weighted by Crippen LogP contribution is 2.43. The summed E-state index contributed by atoms with van der Waals surface area (Å²) in [6, 6.07) is 0. The number of hydrogen-bond donors (Lipinski definition) is 2. The number of nitrogens with two attached hydrogens (primary N) is 1. The minimum atomic E-state index is -4.38. The number of phosphoric acid groups is 1. The molecule has 3 N–H and O–H groups in total. The number of ether oxygens (including phenoxy) is 3. The van der Waals surface area contributed by atoms with Crippen LogP contribution in [0.5, 0.6) is 0 Å². The zero-order chi connectivity index (χ0) is 38.0. The number of epoxide rings is 1. The minimum absolute atomic E-state index is 0.0459. The van der Waals surface area contributed by atoms with Crippen LogP contribution in [-0.4, -0.2) is 61.5 Å². The first-order chi connectivity index (χ1) is 25.3. The van der Waals surface area contributed by atoms with Crippen molar-refractivity contribution in [2.24, 2.45) is 5.73 Å². The van der Waals surface area contributed by atoms with E-state index in [2.05, 4.69) is 50.3 Å². The summed E-state index contributed by atoms with van der Waals surface area (Å²) in [7, 11) is -4.38. The van der Waals surface area contributed by atoms with Crippen LogP contribution in [0.4, 0.5) is 0 Å². The fraction of sp³-hybridized carbons (Fsp3) is 0.805. The van der Waals surface area contributed by atoms with Crippen molar-refractivity contribution in [2.45, 2.75) is 186 Å². The Bertz CT molecular complexity index is 1020. The molecule has 0 aliphatic carbocycles. The molecule has 0 aromatic heterocycles. The first-order valence-electron chi connectivity index (χ1n) is 20.6. The summed E-state index contributed by atoms with van der Waals surface area (Å²) >= 11 is 0. The highest BCUT2D eigenvalue weighted by atomic mass is 31.2. The summed E-state index contributed by atoms with van der Waals surface area (Å²) < 4.78 is 38.4. The Morgan fingerprint density at radius 1 is 0.692 bits per heavy atom. The quantitative estimate of drug-likeness (QED) is 0.0206. The van der Waals surface area contributed by atoms with Crippen molar-refractivity contribution in [1.82, 2.24) is 0 Å². The summed E-state index contributed by atoms with van der Waals surface area (Å²) in [5.41, 5.74) is 5.34. The highest BCUT2D eigenvalue weighted by molar-refractivity contribution is 7.47. The van der Waals surface area contributed by atoms with E-state index in [9.17, 15) is 19.0 Å². The average molecular weight is 756 g/mol. The van der Waals surface area contributed by atoms with Crippen molar-refractivity contribution in [2.75, 3.05) is 26.4 Å². The molecule has 1 heterocycles. The van der Waals surface area contributed by atoms with E-state index in [1.54, 1.807) is 0 Å². The van der Waals surface area contributed by atoms with Crippen LogP contribution < -0.4 is 5.73 Å². The van der Waals surface area contributed by atoms with Crippen LogP contribution in [0.15, 0.2) is 36.5 Å². The van der Waals surface area contributed by atoms with E-state index in [1.165, 1.54) is 51.4 Å². The minimum Gasteiger partial charge on any atom is -0.462 e. The molecule has 302 valence electrons. The van der Waals surface area contributed by atoms with E-state index in [1.807, 2.05) is 0 Å². The fourth-order valence-electron chi connectivity index (χ4n) is 5.73. The van der Waals surface area contributed by atoms with Crippen molar-refractivity contribution in [3.8, 4) is 0 Å². The second-order valence-corrected chi connectivity index (χ2v) is 15.3. The standard InChI is InChI=1S/C41H74NO9P/c1-3-5-7-8-9-10-11-12-13-14-15-16-20-23-27-31-40(43)47-35-37(36-49-52(45,46)48-34-33-42)50-41(44)32-28-24-21-18-17-19-22-26-30-39-38(51-39)29-25-6-4-2/h9-10,12-13,22,26,37-39H,3-8,11,14-21,23-25,27-36,42H2,1-2H3,(H,45,46)/b10-9-,13-12-,26-22-/t37-,38?,39?/m1/s1. The van der Waals surface area contributed by atoms with Crippen LogP contribution in [-0.2, 0) is 37.4 Å². The Hall–Kier alpha value is -1.81. The van der Waals surface area contributed by atoms with Crippen LogP contribution in [0, 0.1) is 0 Å². The van der Waals surface area contributed by atoms with Gasteiger partial charge in [-0.15, -0.1) is 0 Å². The normalized spacial score (nSPS) is 17.6. The Balaban J connectivity index is 2.21. The van der Waals surface area contributed by atoms with Gasteiger partial charge < -0.3 is 24.8 Å². The van der Waals surface area contributed by atoms with E-state index < -0.39 is 32.5 Å². The van der Waals surface area contributed by atoms with Crippen molar-refractivity contribution in [3.05, 3.63) is 36.5 Å².